The van der Waals surface area contributed by atoms with Crippen molar-refractivity contribution in [2.45, 2.75) is 13.0 Å². The van der Waals surface area contributed by atoms with Crippen LogP contribution in [0.5, 0.6) is 0 Å². The zero-order chi connectivity index (χ0) is 14.7. The smallest absolute Gasteiger partial charge is 0.244 e. The molecule has 2 aromatic carbocycles. The minimum absolute atomic E-state index is 0.472. The van der Waals surface area contributed by atoms with Crippen LogP contribution in [0.2, 0.25) is 10.0 Å². The van der Waals surface area contributed by atoms with Crippen LogP contribution in [0, 0.1) is 6.92 Å². The van der Waals surface area contributed by atoms with E-state index in [1.165, 1.54) is 0 Å². The Morgan fingerprint density at radius 1 is 1.15 bits per heavy atom. The van der Waals surface area contributed by atoms with E-state index in [-0.39, 0.29) is 0 Å². The summed E-state index contributed by atoms with van der Waals surface area (Å²) in [4.78, 5) is 11.7. The van der Waals surface area contributed by atoms with Crippen LogP contribution >= 0.6 is 23.2 Å². The molecule has 0 fully saturated rings. The molecule has 0 saturated heterocycles. The van der Waals surface area contributed by atoms with Crippen LogP contribution in [0.25, 0.3) is 0 Å². The fourth-order valence-electron chi connectivity index (χ4n) is 1.82. The quantitative estimate of drug-likeness (QED) is 0.899. The number of hydrogen-bond donors (Lipinski definition) is 2. The summed E-state index contributed by atoms with van der Waals surface area (Å²) in [6, 6.07) is 11.8. The Labute approximate surface area is 127 Å². The molecule has 0 heterocycles. The predicted octanol–water partition coefficient (Wildman–Crippen LogP) is 3.94. The lowest BCUT2D eigenvalue weighted by Crippen LogP contribution is -2.27. The molecule has 104 valence electrons. The van der Waals surface area contributed by atoms with Crippen LogP contribution in [0.1, 0.15) is 17.2 Å². The highest BCUT2D eigenvalue weighted by Gasteiger charge is 2.18. The number of halogens is 2. The molecule has 3 nitrogen and oxygen atoms in total. The third-order valence-corrected chi connectivity index (χ3v) is 3.63. The summed E-state index contributed by atoms with van der Waals surface area (Å²) >= 11 is 11.9. The van der Waals surface area contributed by atoms with Crippen molar-refractivity contribution < 1.29 is 4.79 Å². The number of primary amides is 1. The second kappa shape index (κ2) is 6.16. The van der Waals surface area contributed by atoms with Crippen molar-refractivity contribution in [2.24, 2.45) is 5.73 Å². The topological polar surface area (TPSA) is 55.1 Å². The van der Waals surface area contributed by atoms with Crippen LogP contribution in [0.3, 0.4) is 0 Å². The molecule has 0 spiro atoms. The van der Waals surface area contributed by atoms with E-state index in [1.54, 1.807) is 30.3 Å². The van der Waals surface area contributed by atoms with E-state index in [2.05, 4.69) is 5.32 Å². The zero-order valence-electron chi connectivity index (χ0n) is 10.9. The molecule has 0 aliphatic carbocycles. The molecule has 2 aromatic rings. The lowest BCUT2D eigenvalue weighted by atomic mass is 10.0. The van der Waals surface area contributed by atoms with E-state index in [0.717, 1.165) is 16.8 Å². The van der Waals surface area contributed by atoms with Crippen LogP contribution < -0.4 is 11.1 Å². The van der Waals surface area contributed by atoms with E-state index < -0.39 is 11.9 Å². The maximum absolute atomic E-state index is 11.7. The van der Waals surface area contributed by atoms with Gasteiger partial charge in [0.1, 0.15) is 6.04 Å². The molecular formula is C15H14Cl2N2O. The Hall–Kier alpha value is -1.71. The van der Waals surface area contributed by atoms with Gasteiger partial charge in [0, 0.05) is 15.7 Å². The summed E-state index contributed by atoms with van der Waals surface area (Å²) < 4.78 is 0. The van der Waals surface area contributed by atoms with Gasteiger partial charge in [0.15, 0.2) is 0 Å². The summed E-state index contributed by atoms with van der Waals surface area (Å²) in [6.07, 6.45) is 0. The van der Waals surface area contributed by atoms with Gasteiger partial charge >= 0.3 is 0 Å². The number of amides is 1. The summed E-state index contributed by atoms with van der Waals surface area (Å²) in [6.45, 7) is 1.90. The zero-order valence-corrected chi connectivity index (χ0v) is 12.4. The number of hydrogen-bond acceptors (Lipinski definition) is 2. The van der Waals surface area contributed by atoms with Crippen molar-refractivity contribution in [3.05, 3.63) is 63.6 Å². The Kier molecular flexibility index (Phi) is 4.53. The average Bonchev–Trinajstić information content (AvgIpc) is 2.41. The van der Waals surface area contributed by atoms with Crippen molar-refractivity contribution in [3.8, 4) is 0 Å². The second-order valence-corrected chi connectivity index (χ2v) is 5.34. The Bertz CT molecular complexity index is 626. The van der Waals surface area contributed by atoms with E-state index in [9.17, 15) is 4.79 Å². The first-order valence-electron chi connectivity index (χ1n) is 6.05. The maximum atomic E-state index is 11.7. The lowest BCUT2D eigenvalue weighted by molar-refractivity contribution is -0.118. The van der Waals surface area contributed by atoms with Gasteiger partial charge in [-0.3, -0.25) is 4.79 Å². The van der Waals surface area contributed by atoms with E-state index in [0.29, 0.717) is 10.0 Å². The summed E-state index contributed by atoms with van der Waals surface area (Å²) in [5, 5.41) is 4.31. The monoisotopic (exact) mass is 308 g/mol. The Balaban J connectivity index is 2.29. The molecule has 20 heavy (non-hydrogen) atoms. The molecule has 1 atom stereocenters. The molecule has 0 radical (unpaired) electrons. The van der Waals surface area contributed by atoms with Crippen molar-refractivity contribution in [3.63, 3.8) is 0 Å². The SMILES string of the molecule is Cc1ccc(C(Nc2ccc(Cl)cc2)C(N)=O)cc1Cl. The molecular weight excluding hydrogens is 295 g/mol. The van der Waals surface area contributed by atoms with Crippen molar-refractivity contribution >= 4 is 34.8 Å². The molecule has 1 unspecified atom stereocenters. The van der Waals surface area contributed by atoms with Gasteiger partial charge in [-0.15, -0.1) is 0 Å². The van der Waals surface area contributed by atoms with Gasteiger partial charge in [0.05, 0.1) is 0 Å². The summed E-state index contributed by atoms with van der Waals surface area (Å²) in [5.74, 6) is -0.472. The first-order valence-corrected chi connectivity index (χ1v) is 6.80. The van der Waals surface area contributed by atoms with Gasteiger partial charge in [-0.2, -0.15) is 0 Å². The number of rotatable bonds is 4. The van der Waals surface area contributed by atoms with Gasteiger partial charge < -0.3 is 11.1 Å². The van der Waals surface area contributed by atoms with Crippen LogP contribution in [0.4, 0.5) is 5.69 Å². The fraction of sp³-hybridized carbons (Fsp3) is 0.133. The molecule has 0 saturated carbocycles. The molecule has 2 rings (SSSR count). The van der Waals surface area contributed by atoms with E-state index in [1.807, 2.05) is 19.1 Å². The van der Waals surface area contributed by atoms with E-state index in [4.69, 9.17) is 28.9 Å². The number of nitrogens with one attached hydrogen (secondary N) is 1. The van der Waals surface area contributed by atoms with Crippen LogP contribution in [0.15, 0.2) is 42.5 Å². The minimum Gasteiger partial charge on any atom is -0.370 e. The fourth-order valence-corrected chi connectivity index (χ4v) is 2.14. The average molecular weight is 309 g/mol. The standard InChI is InChI=1S/C15H14Cl2N2O/c1-9-2-3-10(8-13(9)17)14(15(18)20)19-12-6-4-11(16)5-7-12/h2-8,14,19H,1H3,(H2,18,20). The van der Waals surface area contributed by atoms with Gasteiger partial charge in [-0.1, -0.05) is 35.3 Å². The largest absolute Gasteiger partial charge is 0.370 e. The Morgan fingerprint density at radius 3 is 2.35 bits per heavy atom. The summed E-state index contributed by atoms with van der Waals surface area (Å²) in [7, 11) is 0. The van der Waals surface area contributed by atoms with Crippen molar-refractivity contribution in [2.75, 3.05) is 5.32 Å². The van der Waals surface area contributed by atoms with Gasteiger partial charge in [0.25, 0.3) is 0 Å². The van der Waals surface area contributed by atoms with Gasteiger partial charge in [0.2, 0.25) is 5.91 Å². The molecule has 3 N–H and O–H groups in total. The molecule has 0 aliphatic rings. The van der Waals surface area contributed by atoms with Crippen molar-refractivity contribution in [1.29, 1.82) is 0 Å². The minimum atomic E-state index is -0.644. The lowest BCUT2D eigenvalue weighted by Gasteiger charge is -2.18. The normalized spacial score (nSPS) is 11.9. The maximum Gasteiger partial charge on any atom is 0.244 e. The number of carbonyl (C=O) groups excluding carboxylic acids is 1. The summed E-state index contributed by atoms with van der Waals surface area (Å²) in [5.41, 5.74) is 7.90. The highest BCUT2D eigenvalue weighted by atomic mass is 35.5. The van der Waals surface area contributed by atoms with Crippen LogP contribution in [-0.2, 0) is 4.79 Å². The third kappa shape index (κ3) is 3.44. The molecule has 0 aliphatic heterocycles. The number of nitrogens with two attached hydrogens (primary N) is 1. The molecule has 5 heteroatoms. The van der Waals surface area contributed by atoms with Crippen molar-refractivity contribution in [1.82, 2.24) is 0 Å². The first-order chi connectivity index (χ1) is 9.47. The van der Waals surface area contributed by atoms with Gasteiger partial charge in [-0.05, 0) is 48.4 Å². The number of aryl methyl sites for hydroxylation is 1. The number of benzene rings is 2. The highest BCUT2D eigenvalue weighted by Crippen LogP contribution is 2.25. The highest BCUT2D eigenvalue weighted by molar-refractivity contribution is 6.31. The molecule has 0 bridgehead atoms. The molecule has 0 aromatic heterocycles. The third-order valence-electron chi connectivity index (χ3n) is 2.97. The van der Waals surface area contributed by atoms with E-state index >= 15 is 0 Å². The predicted molar refractivity (Wildman–Crippen MR) is 83.2 cm³/mol. The molecule has 1 amide bonds. The number of anilines is 1. The number of carbonyl (C=O) groups is 1. The van der Waals surface area contributed by atoms with Gasteiger partial charge in [-0.25, -0.2) is 0 Å². The first kappa shape index (κ1) is 14.7. The Morgan fingerprint density at radius 2 is 1.80 bits per heavy atom. The van der Waals surface area contributed by atoms with Crippen LogP contribution in [-0.4, -0.2) is 5.91 Å². The second-order valence-electron chi connectivity index (χ2n) is 4.50.